The highest BCUT2D eigenvalue weighted by molar-refractivity contribution is 7.13. The number of para-hydroxylation sites is 2. The minimum Gasteiger partial charge on any atom is -0.391 e. The summed E-state index contributed by atoms with van der Waals surface area (Å²) in [4.78, 5) is 24.6. The molecule has 7 heteroatoms. The number of thiazole rings is 1. The van der Waals surface area contributed by atoms with E-state index in [1.54, 1.807) is 0 Å². The average molecular weight is 397 g/mol. The number of amides is 1. The number of aliphatic hydroxyl groups excluding tert-OH is 1. The third kappa shape index (κ3) is 2.84. The molecule has 3 aromatic rings. The summed E-state index contributed by atoms with van der Waals surface area (Å²) in [5.41, 5.74) is 2.84. The van der Waals surface area contributed by atoms with Gasteiger partial charge in [0.25, 0.3) is 5.91 Å². The lowest BCUT2D eigenvalue weighted by Crippen LogP contribution is -2.36. The van der Waals surface area contributed by atoms with Gasteiger partial charge in [0.05, 0.1) is 40.2 Å². The number of hydrogen-bond acceptors (Lipinski definition) is 5. The van der Waals surface area contributed by atoms with Gasteiger partial charge in [0.15, 0.2) is 0 Å². The maximum atomic E-state index is 13.0. The van der Waals surface area contributed by atoms with Crippen LogP contribution >= 0.6 is 11.3 Å². The lowest BCUT2D eigenvalue weighted by Gasteiger charge is -2.36. The highest BCUT2D eigenvalue weighted by atomic mass is 32.1. The monoisotopic (exact) mass is 396 g/mol. The second kappa shape index (κ2) is 6.67. The summed E-state index contributed by atoms with van der Waals surface area (Å²) in [6.07, 6.45) is 3.03. The average Bonchev–Trinajstić information content (AvgIpc) is 3.36. The first-order chi connectivity index (χ1) is 13.5. The van der Waals surface area contributed by atoms with Crippen LogP contribution in [0.5, 0.6) is 0 Å². The van der Waals surface area contributed by atoms with Crippen molar-refractivity contribution in [2.24, 2.45) is 11.8 Å². The predicted molar refractivity (Wildman–Crippen MR) is 108 cm³/mol. The molecule has 1 aliphatic heterocycles. The van der Waals surface area contributed by atoms with Crippen LogP contribution in [0, 0.1) is 25.7 Å². The second-order valence-corrected chi connectivity index (χ2v) is 9.33. The third-order valence-electron chi connectivity index (χ3n) is 6.33. The lowest BCUT2D eigenvalue weighted by molar-refractivity contribution is 0.0374. The summed E-state index contributed by atoms with van der Waals surface area (Å²) < 4.78 is 2.12. The van der Waals surface area contributed by atoms with Crippen LogP contribution in [0.25, 0.3) is 11.0 Å². The van der Waals surface area contributed by atoms with Gasteiger partial charge in [0.1, 0.15) is 4.88 Å². The molecule has 1 N–H and O–H groups in total. The molecular formula is C21H24N4O2S. The molecule has 28 heavy (non-hydrogen) atoms. The number of fused-ring (bicyclic) bond motifs is 2. The fourth-order valence-electron chi connectivity index (χ4n) is 4.99. The molecule has 6 nitrogen and oxygen atoms in total. The minimum absolute atomic E-state index is 0.0103. The summed E-state index contributed by atoms with van der Waals surface area (Å²) in [5, 5.41) is 11.8. The molecule has 4 atom stereocenters. The van der Waals surface area contributed by atoms with Crippen LogP contribution in [0.4, 0.5) is 0 Å². The topological polar surface area (TPSA) is 71.2 Å². The quantitative estimate of drug-likeness (QED) is 0.722. The maximum Gasteiger partial charge on any atom is 0.265 e. The van der Waals surface area contributed by atoms with Gasteiger partial charge in [0.2, 0.25) is 0 Å². The Balaban J connectivity index is 1.37. The fourth-order valence-corrected chi connectivity index (χ4v) is 5.88. The van der Waals surface area contributed by atoms with Gasteiger partial charge in [-0.1, -0.05) is 12.1 Å². The molecule has 0 unspecified atom stereocenters. The molecule has 2 aliphatic rings. The van der Waals surface area contributed by atoms with Crippen LogP contribution < -0.4 is 0 Å². The molecule has 2 aromatic heterocycles. The summed E-state index contributed by atoms with van der Waals surface area (Å²) >= 11 is 1.48. The molecule has 2 fully saturated rings. The number of hydrogen-bond donors (Lipinski definition) is 1. The van der Waals surface area contributed by atoms with Gasteiger partial charge in [0, 0.05) is 13.1 Å². The van der Waals surface area contributed by atoms with E-state index < -0.39 is 6.10 Å². The van der Waals surface area contributed by atoms with E-state index >= 15 is 0 Å². The SMILES string of the molecule is Cc1nc(C)c(C(=O)N2C[C@H]3C[C@@H](n4cnc5ccccc54)[C@H](O)C[C@H]3C2)s1. The van der Waals surface area contributed by atoms with Crippen molar-refractivity contribution in [2.45, 2.75) is 38.8 Å². The number of aryl methyl sites for hydroxylation is 2. The van der Waals surface area contributed by atoms with E-state index in [4.69, 9.17) is 0 Å². The van der Waals surface area contributed by atoms with E-state index in [1.807, 2.05) is 43.3 Å². The van der Waals surface area contributed by atoms with Crippen LogP contribution in [-0.2, 0) is 0 Å². The van der Waals surface area contributed by atoms with E-state index in [-0.39, 0.29) is 11.9 Å². The standard InChI is InChI=1S/C21H24N4O2S/c1-12-20(28-13(2)23-12)21(27)24-9-14-7-18(19(26)8-15(14)10-24)25-11-22-16-5-3-4-6-17(16)25/h3-6,11,14-15,18-19,26H,7-10H2,1-2H3/t14-,15+,18-,19-/m1/s1. The van der Waals surface area contributed by atoms with Crippen molar-refractivity contribution in [3.05, 3.63) is 46.2 Å². The smallest absolute Gasteiger partial charge is 0.265 e. The van der Waals surface area contributed by atoms with Gasteiger partial charge < -0.3 is 14.6 Å². The number of rotatable bonds is 2. The number of carbonyl (C=O) groups excluding carboxylic acids is 1. The number of likely N-dealkylation sites (tertiary alicyclic amines) is 1. The number of imidazole rings is 1. The van der Waals surface area contributed by atoms with Gasteiger partial charge in [-0.25, -0.2) is 9.97 Å². The van der Waals surface area contributed by atoms with E-state index in [2.05, 4.69) is 20.6 Å². The highest BCUT2D eigenvalue weighted by Gasteiger charge is 2.44. The molecular weight excluding hydrogens is 372 g/mol. The molecule has 5 rings (SSSR count). The van der Waals surface area contributed by atoms with Crippen molar-refractivity contribution in [1.82, 2.24) is 19.4 Å². The zero-order valence-electron chi connectivity index (χ0n) is 16.1. The van der Waals surface area contributed by atoms with Crippen molar-refractivity contribution in [3.63, 3.8) is 0 Å². The molecule has 1 saturated carbocycles. The van der Waals surface area contributed by atoms with Crippen molar-refractivity contribution < 1.29 is 9.90 Å². The Morgan fingerprint density at radius 3 is 2.68 bits per heavy atom. The van der Waals surface area contributed by atoms with Gasteiger partial charge in [-0.3, -0.25) is 4.79 Å². The van der Waals surface area contributed by atoms with Crippen LogP contribution in [0.2, 0.25) is 0 Å². The van der Waals surface area contributed by atoms with Crippen LogP contribution in [0.1, 0.15) is 39.3 Å². The number of benzene rings is 1. The first-order valence-electron chi connectivity index (χ1n) is 9.84. The number of aromatic nitrogens is 3. The van der Waals surface area contributed by atoms with E-state index in [0.717, 1.165) is 52.5 Å². The first kappa shape index (κ1) is 17.8. The lowest BCUT2D eigenvalue weighted by atomic mass is 9.77. The number of aliphatic hydroxyl groups is 1. The van der Waals surface area contributed by atoms with Crippen molar-refractivity contribution in [2.75, 3.05) is 13.1 Å². The molecule has 1 amide bonds. The minimum atomic E-state index is -0.415. The van der Waals surface area contributed by atoms with Crippen LogP contribution in [0.3, 0.4) is 0 Å². The van der Waals surface area contributed by atoms with Gasteiger partial charge >= 0.3 is 0 Å². The largest absolute Gasteiger partial charge is 0.391 e. The Bertz CT molecular complexity index is 1040. The van der Waals surface area contributed by atoms with Crippen molar-refractivity contribution >= 4 is 28.3 Å². The molecule has 1 saturated heterocycles. The molecule has 0 spiro atoms. The predicted octanol–water partition coefficient (Wildman–Crippen LogP) is 3.19. The summed E-state index contributed by atoms with van der Waals surface area (Å²) in [6, 6.07) is 8.06. The molecule has 0 bridgehead atoms. The Morgan fingerprint density at radius 2 is 1.93 bits per heavy atom. The van der Waals surface area contributed by atoms with Crippen molar-refractivity contribution in [3.8, 4) is 0 Å². The second-order valence-electron chi connectivity index (χ2n) is 8.12. The summed E-state index contributed by atoms with van der Waals surface area (Å²) in [7, 11) is 0. The summed E-state index contributed by atoms with van der Waals surface area (Å²) in [5.74, 6) is 0.865. The maximum absolute atomic E-state index is 13.0. The zero-order chi connectivity index (χ0) is 19.4. The van der Waals surface area contributed by atoms with E-state index in [9.17, 15) is 9.90 Å². The van der Waals surface area contributed by atoms with Crippen molar-refractivity contribution in [1.29, 1.82) is 0 Å². The first-order valence-corrected chi connectivity index (χ1v) is 10.7. The third-order valence-corrected chi connectivity index (χ3v) is 7.39. The fraction of sp³-hybridized carbons (Fsp3) is 0.476. The Hall–Kier alpha value is -2.25. The molecule has 3 heterocycles. The highest BCUT2D eigenvalue weighted by Crippen LogP contribution is 2.42. The molecule has 146 valence electrons. The van der Waals surface area contributed by atoms with Crippen LogP contribution in [0.15, 0.2) is 30.6 Å². The summed E-state index contributed by atoms with van der Waals surface area (Å²) in [6.45, 7) is 5.34. The normalized spacial score (nSPS) is 27.3. The molecule has 1 aromatic carbocycles. The molecule has 0 radical (unpaired) electrons. The molecule has 1 aliphatic carbocycles. The van der Waals surface area contributed by atoms with Gasteiger partial charge in [-0.15, -0.1) is 11.3 Å². The van der Waals surface area contributed by atoms with Gasteiger partial charge in [-0.05, 0) is 50.7 Å². The van der Waals surface area contributed by atoms with Gasteiger partial charge in [-0.2, -0.15) is 0 Å². The van der Waals surface area contributed by atoms with E-state index in [1.165, 1.54) is 11.3 Å². The zero-order valence-corrected chi connectivity index (χ0v) is 16.9. The number of carbonyl (C=O) groups is 1. The Morgan fingerprint density at radius 1 is 1.18 bits per heavy atom. The Labute approximate surface area is 167 Å². The van der Waals surface area contributed by atoms with Crippen LogP contribution in [-0.4, -0.2) is 49.6 Å². The Kier molecular flexibility index (Phi) is 4.25. The number of nitrogens with zero attached hydrogens (tertiary/aromatic N) is 4. The van der Waals surface area contributed by atoms with E-state index in [0.29, 0.717) is 11.8 Å².